The minimum atomic E-state index is -0.244. The predicted molar refractivity (Wildman–Crippen MR) is 126 cm³/mol. The summed E-state index contributed by atoms with van der Waals surface area (Å²) in [5.41, 5.74) is 14.2. The van der Waals surface area contributed by atoms with Gasteiger partial charge in [0.1, 0.15) is 23.7 Å². The van der Waals surface area contributed by atoms with E-state index in [0.717, 1.165) is 18.4 Å². The SMILES string of the molecule is CCCCc1oc2cc(OCc3ccccc3)ccc2c1C(=O)c1cc(N)c(O)c(N)c1. The molecule has 0 unspecified atom stereocenters. The number of carbonyl (C=O) groups excluding carboxylic acids is 1. The third-order valence-electron chi connectivity index (χ3n) is 5.40. The maximum atomic E-state index is 13.4. The number of ether oxygens (including phenoxy) is 1. The van der Waals surface area contributed by atoms with Gasteiger partial charge in [0.25, 0.3) is 0 Å². The molecule has 0 radical (unpaired) electrons. The number of phenols is 1. The molecule has 0 aliphatic heterocycles. The minimum absolute atomic E-state index is 0.0628. The van der Waals surface area contributed by atoms with Crippen LogP contribution in [-0.2, 0) is 13.0 Å². The Balaban J connectivity index is 1.71. The van der Waals surface area contributed by atoms with E-state index in [-0.39, 0.29) is 22.9 Å². The highest BCUT2D eigenvalue weighted by Gasteiger charge is 2.23. The first-order valence-corrected chi connectivity index (χ1v) is 10.6. The monoisotopic (exact) mass is 430 g/mol. The van der Waals surface area contributed by atoms with Gasteiger partial charge in [-0.1, -0.05) is 43.7 Å². The fraction of sp³-hybridized carbons (Fsp3) is 0.192. The van der Waals surface area contributed by atoms with Crippen molar-refractivity contribution in [1.29, 1.82) is 0 Å². The number of furan rings is 1. The number of nitrogen functional groups attached to an aromatic ring is 2. The number of phenolic OH excluding ortho intramolecular Hbond substituents is 1. The standard InChI is InChI=1S/C26H26N2O4/c1-2-3-9-22-24(25(29)17-12-20(27)26(30)21(28)13-17)19-11-10-18(14-23(19)32-22)31-15-16-7-5-4-6-8-16/h4-8,10-14,30H,2-3,9,15,27-28H2,1H3. The van der Waals surface area contributed by atoms with Gasteiger partial charge in [-0.3, -0.25) is 4.79 Å². The summed E-state index contributed by atoms with van der Waals surface area (Å²) in [6.45, 7) is 2.52. The number of anilines is 2. The molecular formula is C26H26N2O4. The summed E-state index contributed by atoms with van der Waals surface area (Å²) in [4.78, 5) is 13.4. The molecule has 0 bridgehead atoms. The van der Waals surface area contributed by atoms with Crippen molar-refractivity contribution in [2.24, 2.45) is 0 Å². The number of fused-ring (bicyclic) bond motifs is 1. The molecule has 1 heterocycles. The van der Waals surface area contributed by atoms with Crippen LogP contribution in [0, 0.1) is 0 Å². The molecule has 6 heteroatoms. The van der Waals surface area contributed by atoms with Crippen molar-refractivity contribution in [1.82, 2.24) is 0 Å². The van der Waals surface area contributed by atoms with Crippen LogP contribution in [0.5, 0.6) is 11.5 Å². The van der Waals surface area contributed by atoms with Crippen molar-refractivity contribution in [3.05, 3.63) is 83.1 Å². The molecule has 0 spiro atoms. The highest BCUT2D eigenvalue weighted by Crippen LogP contribution is 2.35. The molecule has 3 aromatic carbocycles. The number of nitrogens with two attached hydrogens (primary N) is 2. The Labute approximate surface area is 186 Å². The lowest BCUT2D eigenvalue weighted by molar-refractivity contribution is 0.103. The van der Waals surface area contributed by atoms with Crippen LogP contribution in [0.1, 0.15) is 47.0 Å². The lowest BCUT2D eigenvalue weighted by atomic mass is 9.97. The number of benzene rings is 3. The molecule has 4 rings (SSSR count). The molecule has 32 heavy (non-hydrogen) atoms. The highest BCUT2D eigenvalue weighted by atomic mass is 16.5. The van der Waals surface area contributed by atoms with E-state index in [0.29, 0.717) is 46.6 Å². The maximum Gasteiger partial charge on any atom is 0.197 e. The molecule has 164 valence electrons. The normalized spacial score (nSPS) is 11.0. The van der Waals surface area contributed by atoms with Crippen molar-refractivity contribution in [3.8, 4) is 11.5 Å². The van der Waals surface area contributed by atoms with Gasteiger partial charge in [-0.25, -0.2) is 0 Å². The number of aromatic hydroxyl groups is 1. The predicted octanol–water partition coefficient (Wildman–Crippen LogP) is 5.46. The van der Waals surface area contributed by atoms with Crippen molar-refractivity contribution in [2.75, 3.05) is 11.5 Å². The van der Waals surface area contributed by atoms with Gasteiger partial charge in [-0.2, -0.15) is 0 Å². The van der Waals surface area contributed by atoms with Gasteiger partial charge in [0.2, 0.25) is 0 Å². The Morgan fingerprint density at radius 3 is 2.44 bits per heavy atom. The first-order chi connectivity index (χ1) is 15.5. The van der Waals surface area contributed by atoms with Crippen molar-refractivity contribution in [2.45, 2.75) is 32.8 Å². The number of hydrogen-bond donors (Lipinski definition) is 3. The van der Waals surface area contributed by atoms with Crippen LogP contribution in [0.3, 0.4) is 0 Å². The molecule has 0 amide bonds. The van der Waals surface area contributed by atoms with E-state index >= 15 is 0 Å². The maximum absolute atomic E-state index is 13.4. The van der Waals surface area contributed by atoms with E-state index in [2.05, 4.69) is 6.92 Å². The van der Waals surface area contributed by atoms with Crippen molar-refractivity contribution >= 4 is 28.1 Å². The number of carbonyl (C=O) groups is 1. The van der Waals surface area contributed by atoms with Crippen LogP contribution < -0.4 is 16.2 Å². The number of aryl methyl sites for hydroxylation is 1. The molecule has 0 saturated heterocycles. The summed E-state index contributed by atoms with van der Waals surface area (Å²) in [6.07, 6.45) is 2.49. The van der Waals surface area contributed by atoms with Crippen molar-refractivity contribution in [3.63, 3.8) is 0 Å². The summed E-state index contributed by atoms with van der Waals surface area (Å²) in [5, 5.41) is 10.6. The first-order valence-electron chi connectivity index (χ1n) is 10.6. The lowest BCUT2D eigenvalue weighted by Gasteiger charge is -2.08. The second-order valence-electron chi connectivity index (χ2n) is 7.77. The first kappa shape index (κ1) is 21.3. The molecular weight excluding hydrogens is 404 g/mol. The van der Waals surface area contributed by atoms with E-state index < -0.39 is 0 Å². The van der Waals surface area contributed by atoms with Gasteiger partial charge in [0.05, 0.1) is 16.9 Å². The van der Waals surface area contributed by atoms with E-state index in [1.54, 1.807) is 0 Å². The number of hydrogen-bond acceptors (Lipinski definition) is 6. The van der Waals surface area contributed by atoms with Gasteiger partial charge in [-0.15, -0.1) is 0 Å². The fourth-order valence-corrected chi connectivity index (χ4v) is 3.68. The zero-order chi connectivity index (χ0) is 22.7. The zero-order valence-corrected chi connectivity index (χ0v) is 17.9. The summed E-state index contributed by atoms with van der Waals surface area (Å²) in [5.74, 6) is 0.822. The Bertz CT molecular complexity index is 1240. The Morgan fingerprint density at radius 1 is 1.03 bits per heavy atom. The third-order valence-corrected chi connectivity index (χ3v) is 5.40. The second-order valence-corrected chi connectivity index (χ2v) is 7.77. The lowest BCUT2D eigenvalue weighted by Crippen LogP contribution is -2.06. The molecule has 0 aliphatic carbocycles. The average molecular weight is 431 g/mol. The van der Waals surface area contributed by atoms with E-state index in [9.17, 15) is 9.90 Å². The third kappa shape index (κ3) is 4.25. The molecule has 5 N–H and O–H groups in total. The molecule has 4 aromatic rings. The number of ketones is 1. The largest absolute Gasteiger partial charge is 0.504 e. The zero-order valence-electron chi connectivity index (χ0n) is 17.9. The minimum Gasteiger partial charge on any atom is -0.504 e. The molecule has 6 nitrogen and oxygen atoms in total. The van der Waals surface area contributed by atoms with Gasteiger partial charge in [-0.05, 0) is 36.2 Å². The summed E-state index contributed by atoms with van der Waals surface area (Å²) >= 11 is 0. The molecule has 0 saturated carbocycles. The Morgan fingerprint density at radius 2 is 1.75 bits per heavy atom. The van der Waals surface area contributed by atoms with Crippen LogP contribution in [0.15, 0.2) is 65.1 Å². The molecule has 1 aromatic heterocycles. The van der Waals surface area contributed by atoms with Crippen LogP contribution in [0.4, 0.5) is 11.4 Å². The molecule has 0 aliphatic rings. The average Bonchev–Trinajstić information content (AvgIpc) is 3.17. The van der Waals surface area contributed by atoms with E-state index in [4.69, 9.17) is 20.6 Å². The summed E-state index contributed by atoms with van der Waals surface area (Å²) < 4.78 is 12.0. The summed E-state index contributed by atoms with van der Waals surface area (Å²) in [7, 11) is 0. The van der Waals surface area contributed by atoms with Gasteiger partial charge in [0.15, 0.2) is 11.5 Å². The van der Waals surface area contributed by atoms with Gasteiger partial charge < -0.3 is 25.7 Å². The van der Waals surface area contributed by atoms with Gasteiger partial charge in [0, 0.05) is 23.4 Å². The molecule has 0 atom stereocenters. The van der Waals surface area contributed by atoms with Crippen LogP contribution in [0.25, 0.3) is 11.0 Å². The fourth-order valence-electron chi connectivity index (χ4n) is 3.68. The summed E-state index contributed by atoms with van der Waals surface area (Å²) in [6, 6.07) is 18.3. The number of unbranched alkanes of at least 4 members (excludes halogenated alkanes) is 1. The Hall–Kier alpha value is -3.93. The smallest absolute Gasteiger partial charge is 0.197 e. The Kier molecular flexibility index (Phi) is 6.03. The topological polar surface area (TPSA) is 112 Å². The number of rotatable bonds is 8. The quantitative estimate of drug-likeness (QED) is 0.195. The molecule has 0 fully saturated rings. The van der Waals surface area contributed by atoms with Crippen LogP contribution in [0.2, 0.25) is 0 Å². The van der Waals surface area contributed by atoms with Gasteiger partial charge >= 0.3 is 0 Å². The van der Waals surface area contributed by atoms with Crippen LogP contribution in [-0.4, -0.2) is 10.9 Å². The second kappa shape index (κ2) is 9.06. The van der Waals surface area contributed by atoms with E-state index in [1.165, 1.54) is 12.1 Å². The van der Waals surface area contributed by atoms with Crippen molar-refractivity contribution < 1.29 is 19.1 Å². The highest BCUT2D eigenvalue weighted by molar-refractivity contribution is 6.17. The van der Waals surface area contributed by atoms with E-state index in [1.807, 2.05) is 48.5 Å². The van der Waals surface area contributed by atoms with Crippen LogP contribution >= 0.6 is 0 Å².